The lowest BCUT2D eigenvalue weighted by Crippen LogP contribution is -2.22. The van der Waals surface area contributed by atoms with E-state index in [0.717, 1.165) is 37.2 Å². The molecule has 0 aromatic heterocycles. The highest BCUT2D eigenvalue weighted by atomic mass is 16.5. The van der Waals surface area contributed by atoms with E-state index in [9.17, 15) is 4.79 Å². The summed E-state index contributed by atoms with van der Waals surface area (Å²) in [6, 6.07) is 16.3. The number of fused-ring (bicyclic) bond motifs is 1. The number of amides is 1. The van der Waals surface area contributed by atoms with Gasteiger partial charge in [0.05, 0.1) is 6.61 Å². The van der Waals surface area contributed by atoms with Gasteiger partial charge < -0.3 is 10.1 Å². The lowest BCUT2D eigenvalue weighted by atomic mass is 10.1. The SMILES string of the molecule is O=C(/C=C/c1ccc2c(c1)CCO2)NCCCc1ccccc1. The fourth-order valence-corrected chi connectivity index (χ4v) is 2.69. The van der Waals surface area contributed by atoms with Crippen LogP contribution in [-0.4, -0.2) is 19.1 Å². The summed E-state index contributed by atoms with van der Waals surface area (Å²) in [6.07, 6.45) is 6.32. The smallest absolute Gasteiger partial charge is 0.243 e. The number of carbonyl (C=O) groups excluding carboxylic acids is 1. The van der Waals surface area contributed by atoms with Crippen LogP contribution in [0.1, 0.15) is 23.1 Å². The fourth-order valence-electron chi connectivity index (χ4n) is 2.69. The van der Waals surface area contributed by atoms with Crippen molar-refractivity contribution in [3.63, 3.8) is 0 Å². The second kappa shape index (κ2) is 7.63. The zero-order valence-electron chi connectivity index (χ0n) is 13.1. The molecule has 3 rings (SSSR count). The van der Waals surface area contributed by atoms with Gasteiger partial charge >= 0.3 is 0 Å². The van der Waals surface area contributed by atoms with Crippen LogP contribution in [0, 0.1) is 0 Å². The quantitative estimate of drug-likeness (QED) is 0.656. The molecule has 0 aliphatic carbocycles. The summed E-state index contributed by atoms with van der Waals surface area (Å²) in [5.74, 6) is 0.919. The molecule has 0 fully saturated rings. The Morgan fingerprint density at radius 3 is 2.91 bits per heavy atom. The number of aryl methyl sites for hydroxylation is 1. The van der Waals surface area contributed by atoms with E-state index >= 15 is 0 Å². The number of hydrogen-bond donors (Lipinski definition) is 1. The molecule has 3 heteroatoms. The molecule has 23 heavy (non-hydrogen) atoms. The molecule has 1 amide bonds. The molecule has 0 atom stereocenters. The van der Waals surface area contributed by atoms with Crippen LogP contribution in [0.3, 0.4) is 0 Å². The lowest BCUT2D eigenvalue weighted by molar-refractivity contribution is -0.116. The highest BCUT2D eigenvalue weighted by Crippen LogP contribution is 2.26. The van der Waals surface area contributed by atoms with E-state index in [1.165, 1.54) is 11.1 Å². The summed E-state index contributed by atoms with van der Waals surface area (Å²) in [5, 5.41) is 2.93. The maximum absolute atomic E-state index is 11.8. The third-order valence-electron chi connectivity index (χ3n) is 3.92. The van der Waals surface area contributed by atoms with Crippen molar-refractivity contribution in [2.45, 2.75) is 19.3 Å². The number of ether oxygens (including phenoxy) is 1. The van der Waals surface area contributed by atoms with Gasteiger partial charge in [0.25, 0.3) is 0 Å². The molecule has 0 unspecified atom stereocenters. The Morgan fingerprint density at radius 2 is 2.04 bits per heavy atom. The van der Waals surface area contributed by atoms with Gasteiger partial charge in [0.15, 0.2) is 0 Å². The van der Waals surface area contributed by atoms with E-state index in [1.54, 1.807) is 6.08 Å². The minimum absolute atomic E-state index is 0.0465. The molecule has 2 aromatic carbocycles. The van der Waals surface area contributed by atoms with Crippen LogP contribution in [0.15, 0.2) is 54.6 Å². The molecular formula is C20H21NO2. The normalized spacial score (nSPS) is 12.9. The van der Waals surface area contributed by atoms with Crippen LogP contribution in [0.2, 0.25) is 0 Å². The molecule has 118 valence electrons. The van der Waals surface area contributed by atoms with E-state index in [0.29, 0.717) is 6.54 Å². The van der Waals surface area contributed by atoms with Crippen LogP contribution >= 0.6 is 0 Å². The maximum Gasteiger partial charge on any atom is 0.243 e. The van der Waals surface area contributed by atoms with Crippen molar-refractivity contribution in [2.75, 3.05) is 13.2 Å². The zero-order valence-corrected chi connectivity index (χ0v) is 13.1. The van der Waals surface area contributed by atoms with E-state index in [2.05, 4.69) is 23.5 Å². The van der Waals surface area contributed by atoms with Gasteiger partial charge in [-0.2, -0.15) is 0 Å². The van der Waals surface area contributed by atoms with Gasteiger partial charge in [-0.1, -0.05) is 36.4 Å². The Bertz CT molecular complexity index is 692. The Balaban J connectivity index is 1.42. The van der Waals surface area contributed by atoms with Gasteiger partial charge in [0.1, 0.15) is 5.75 Å². The second-order valence-corrected chi connectivity index (χ2v) is 5.68. The van der Waals surface area contributed by atoms with Gasteiger partial charge in [0, 0.05) is 19.0 Å². The van der Waals surface area contributed by atoms with Crippen LogP contribution in [0.4, 0.5) is 0 Å². The first kappa shape index (κ1) is 15.3. The summed E-state index contributed by atoms with van der Waals surface area (Å²) in [4.78, 5) is 11.8. The number of carbonyl (C=O) groups is 1. The summed E-state index contributed by atoms with van der Waals surface area (Å²) in [7, 11) is 0. The summed E-state index contributed by atoms with van der Waals surface area (Å²) < 4.78 is 5.48. The standard InChI is InChI=1S/C20H21NO2/c22-20(21-13-4-7-16-5-2-1-3-6-16)11-9-17-8-10-19-18(15-17)12-14-23-19/h1-3,5-6,8-11,15H,4,7,12-14H2,(H,21,22)/b11-9+. The topological polar surface area (TPSA) is 38.3 Å². The summed E-state index contributed by atoms with van der Waals surface area (Å²) in [6.45, 7) is 1.44. The minimum Gasteiger partial charge on any atom is -0.493 e. The molecule has 0 radical (unpaired) electrons. The molecule has 0 saturated carbocycles. The average molecular weight is 307 g/mol. The third kappa shape index (κ3) is 4.46. The molecule has 0 saturated heterocycles. The third-order valence-corrected chi connectivity index (χ3v) is 3.92. The first-order valence-electron chi connectivity index (χ1n) is 8.07. The monoisotopic (exact) mass is 307 g/mol. The molecule has 1 aliphatic rings. The molecule has 0 bridgehead atoms. The molecular weight excluding hydrogens is 286 g/mol. The zero-order chi connectivity index (χ0) is 15.9. The van der Waals surface area contributed by atoms with Crippen molar-refractivity contribution in [1.82, 2.24) is 5.32 Å². The number of hydrogen-bond acceptors (Lipinski definition) is 2. The van der Waals surface area contributed by atoms with Crippen molar-refractivity contribution in [3.05, 3.63) is 71.3 Å². The van der Waals surface area contributed by atoms with Crippen molar-refractivity contribution in [3.8, 4) is 5.75 Å². The van der Waals surface area contributed by atoms with Crippen molar-refractivity contribution >= 4 is 12.0 Å². The number of rotatable bonds is 6. The molecule has 1 aliphatic heterocycles. The first-order chi connectivity index (χ1) is 11.3. The van der Waals surface area contributed by atoms with Crippen LogP contribution in [0.5, 0.6) is 5.75 Å². The Hall–Kier alpha value is -2.55. The molecule has 1 N–H and O–H groups in total. The Morgan fingerprint density at radius 1 is 1.17 bits per heavy atom. The Kier molecular flexibility index (Phi) is 5.09. The van der Waals surface area contributed by atoms with Crippen LogP contribution in [0.25, 0.3) is 6.08 Å². The van der Waals surface area contributed by atoms with E-state index in [-0.39, 0.29) is 5.91 Å². The Labute approximate surface area is 137 Å². The molecule has 3 nitrogen and oxygen atoms in total. The second-order valence-electron chi connectivity index (χ2n) is 5.68. The van der Waals surface area contributed by atoms with Gasteiger partial charge in [0.2, 0.25) is 5.91 Å². The van der Waals surface area contributed by atoms with Gasteiger partial charge in [-0.3, -0.25) is 4.79 Å². The largest absolute Gasteiger partial charge is 0.493 e. The molecule has 1 heterocycles. The van der Waals surface area contributed by atoms with E-state index in [4.69, 9.17) is 4.74 Å². The lowest BCUT2D eigenvalue weighted by Gasteiger charge is -2.03. The maximum atomic E-state index is 11.8. The molecule has 0 spiro atoms. The number of benzene rings is 2. The van der Waals surface area contributed by atoms with Crippen molar-refractivity contribution in [2.24, 2.45) is 0 Å². The minimum atomic E-state index is -0.0465. The van der Waals surface area contributed by atoms with Crippen LogP contribution < -0.4 is 10.1 Å². The summed E-state index contributed by atoms with van der Waals surface area (Å²) in [5.41, 5.74) is 3.56. The first-order valence-corrected chi connectivity index (χ1v) is 8.07. The number of nitrogens with one attached hydrogen (secondary N) is 1. The van der Waals surface area contributed by atoms with E-state index in [1.807, 2.05) is 36.4 Å². The van der Waals surface area contributed by atoms with Gasteiger partial charge in [-0.05, 0) is 47.7 Å². The van der Waals surface area contributed by atoms with Crippen molar-refractivity contribution in [1.29, 1.82) is 0 Å². The average Bonchev–Trinajstić information content (AvgIpc) is 3.05. The highest BCUT2D eigenvalue weighted by Gasteiger charge is 2.11. The molecule has 2 aromatic rings. The summed E-state index contributed by atoms with van der Waals surface area (Å²) >= 11 is 0. The van der Waals surface area contributed by atoms with Gasteiger partial charge in [-0.15, -0.1) is 0 Å². The predicted molar refractivity (Wildman–Crippen MR) is 92.4 cm³/mol. The predicted octanol–water partition coefficient (Wildman–Crippen LogP) is 3.38. The highest BCUT2D eigenvalue weighted by molar-refractivity contribution is 5.91. The van der Waals surface area contributed by atoms with E-state index < -0.39 is 0 Å². The van der Waals surface area contributed by atoms with Crippen molar-refractivity contribution < 1.29 is 9.53 Å². The van der Waals surface area contributed by atoms with Gasteiger partial charge in [-0.25, -0.2) is 0 Å². The van der Waals surface area contributed by atoms with Crippen LogP contribution in [-0.2, 0) is 17.6 Å². The fraction of sp³-hybridized carbons (Fsp3) is 0.250.